The van der Waals surface area contributed by atoms with Crippen molar-refractivity contribution in [3.63, 3.8) is 0 Å². The maximum absolute atomic E-state index is 13.4. The summed E-state index contributed by atoms with van der Waals surface area (Å²) in [4.78, 5) is 28.1. The molecule has 1 heterocycles. The molecule has 0 fully saturated rings. The highest BCUT2D eigenvalue weighted by Crippen LogP contribution is 2.42. The van der Waals surface area contributed by atoms with Crippen molar-refractivity contribution in [2.45, 2.75) is 63.6 Å². The molecule has 1 aliphatic rings. The first-order chi connectivity index (χ1) is 17.6. The van der Waals surface area contributed by atoms with Crippen molar-refractivity contribution in [1.29, 1.82) is 0 Å². The molecular weight excluding hydrogens is 510 g/mol. The van der Waals surface area contributed by atoms with Crippen LogP contribution in [-0.4, -0.2) is 43.8 Å². The van der Waals surface area contributed by atoms with Crippen LogP contribution in [0.25, 0.3) is 10.8 Å². The predicted octanol–water partition coefficient (Wildman–Crippen LogP) is 5.11. The lowest BCUT2D eigenvalue weighted by molar-refractivity contribution is -0.140. The number of anilines is 1. The SMILES string of the molecule is CC[C@@H](C)NC(=O)[C@H](C)N(Cc1ccc(Cl)cc1)C(=O)CCCN1c2cccc3cccc(c23)S1(=O)=O. The molecular formula is C28H32ClN3O4S. The number of rotatable bonds is 10. The molecule has 1 N–H and O–H groups in total. The molecule has 1 aliphatic heterocycles. The van der Waals surface area contributed by atoms with E-state index in [4.69, 9.17) is 11.6 Å². The van der Waals surface area contributed by atoms with Gasteiger partial charge in [0.25, 0.3) is 10.0 Å². The number of hydrogen-bond acceptors (Lipinski definition) is 4. The number of carbonyl (C=O) groups is 2. The van der Waals surface area contributed by atoms with Gasteiger partial charge in [0, 0.05) is 36.0 Å². The molecule has 2 amide bonds. The normalized spacial score (nSPS) is 15.4. The topological polar surface area (TPSA) is 86.8 Å². The molecule has 3 aromatic rings. The lowest BCUT2D eigenvalue weighted by atomic mass is 10.1. The number of carbonyl (C=O) groups excluding carboxylic acids is 2. The van der Waals surface area contributed by atoms with Crippen LogP contribution in [0.2, 0.25) is 5.02 Å². The van der Waals surface area contributed by atoms with E-state index in [2.05, 4.69) is 5.32 Å². The van der Waals surface area contributed by atoms with Gasteiger partial charge >= 0.3 is 0 Å². The van der Waals surface area contributed by atoms with Crippen LogP contribution in [0.5, 0.6) is 0 Å². The highest BCUT2D eigenvalue weighted by atomic mass is 35.5. The van der Waals surface area contributed by atoms with Gasteiger partial charge in [0.05, 0.1) is 10.6 Å². The van der Waals surface area contributed by atoms with Crippen molar-refractivity contribution in [1.82, 2.24) is 10.2 Å². The fraction of sp³-hybridized carbons (Fsp3) is 0.357. The molecule has 0 aliphatic carbocycles. The van der Waals surface area contributed by atoms with Crippen LogP contribution < -0.4 is 9.62 Å². The summed E-state index contributed by atoms with van der Waals surface area (Å²) < 4.78 is 27.9. The van der Waals surface area contributed by atoms with E-state index in [-0.39, 0.29) is 37.4 Å². The first-order valence-electron chi connectivity index (χ1n) is 12.5. The summed E-state index contributed by atoms with van der Waals surface area (Å²) in [5, 5.41) is 5.13. The largest absolute Gasteiger partial charge is 0.352 e. The molecule has 37 heavy (non-hydrogen) atoms. The van der Waals surface area contributed by atoms with Gasteiger partial charge in [-0.2, -0.15) is 0 Å². The van der Waals surface area contributed by atoms with Gasteiger partial charge < -0.3 is 10.2 Å². The minimum absolute atomic E-state index is 0.00727. The van der Waals surface area contributed by atoms with E-state index in [0.717, 1.165) is 22.8 Å². The third kappa shape index (κ3) is 5.60. The van der Waals surface area contributed by atoms with Gasteiger partial charge in [-0.25, -0.2) is 8.42 Å². The van der Waals surface area contributed by atoms with E-state index in [1.165, 1.54) is 4.31 Å². The van der Waals surface area contributed by atoms with Crippen LogP contribution in [0.4, 0.5) is 5.69 Å². The zero-order valence-electron chi connectivity index (χ0n) is 21.3. The second-order valence-corrected chi connectivity index (χ2v) is 11.7. The minimum Gasteiger partial charge on any atom is -0.352 e. The van der Waals surface area contributed by atoms with Crippen molar-refractivity contribution in [3.05, 3.63) is 71.2 Å². The highest BCUT2D eigenvalue weighted by molar-refractivity contribution is 7.93. The van der Waals surface area contributed by atoms with Crippen molar-refractivity contribution in [2.24, 2.45) is 0 Å². The van der Waals surface area contributed by atoms with Crippen LogP contribution in [0.3, 0.4) is 0 Å². The first-order valence-corrected chi connectivity index (χ1v) is 14.3. The second-order valence-electron chi connectivity index (χ2n) is 9.45. The molecule has 0 spiro atoms. The summed E-state index contributed by atoms with van der Waals surface area (Å²) in [7, 11) is -3.68. The van der Waals surface area contributed by atoms with Crippen LogP contribution in [0, 0.1) is 0 Å². The number of benzene rings is 3. The smallest absolute Gasteiger partial charge is 0.265 e. The van der Waals surface area contributed by atoms with Crippen molar-refractivity contribution < 1.29 is 18.0 Å². The maximum atomic E-state index is 13.4. The fourth-order valence-electron chi connectivity index (χ4n) is 4.55. The maximum Gasteiger partial charge on any atom is 0.265 e. The highest BCUT2D eigenvalue weighted by Gasteiger charge is 2.35. The summed E-state index contributed by atoms with van der Waals surface area (Å²) in [5.74, 6) is -0.435. The van der Waals surface area contributed by atoms with E-state index in [0.29, 0.717) is 22.0 Å². The number of halogens is 1. The molecule has 2 atom stereocenters. The van der Waals surface area contributed by atoms with Crippen LogP contribution in [-0.2, 0) is 26.2 Å². The summed E-state index contributed by atoms with van der Waals surface area (Å²) in [5.41, 5.74) is 1.49. The van der Waals surface area contributed by atoms with E-state index >= 15 is 0 Å². The zero-order chi connectivity index (χ0) is 26.7. The lowest BCUT2D eigenvalue weighted by Gasteiger charge is -2.30. The predicted molar refractivity (Wildman–Crippen MR) is 147 cm³/mol. The molecule has 0 aromatic heterocycles. The van der Waals surface area contributed by atoms with Gasteiger partial charge in [0.2, 0.25) is 11.8 Å². The Hall–Kier alpha value is -3.10. The molecule has 0 unspecified atom stereocenters. The monoisotopic (exact) mass is 541 g/mol. The Morgan fingerprint density at radius 3 is 2.38 bits per heavy atom. The van der Waals surface area contributed by atoms with Crippen molar-refractivity contribution >= 4 is 49.9 Å². The number of nitrogens with zero attached hydrogens (tertiary/aromatic N) is 2. The van der Waals surface area contributed by atoms with E-state index in [9.17, 15) is 18.0 Å². The van der Waals surface area contributed by atoms with Crippen LogP contribution >= 0.6 is 11.6 Å². The number of sulfonamides is 1. The molecule has 0 saturated heterocycles. The Balaban J connectivity index is 1.49. The Morgan fingerprint density at radius 1 is 1.03 bits per heavy atom. The second kappa shape index (κ2) is 11.1. The summed E-state index contributed by atoms with van der Waals surface area (Å²) in [6.07, 6.45) is 1.20. The third-order valence-electron chi connectivity index (χ3n) is 6.87. The summed E-state index contributed by atoms with van der Waals surface area (Å²) in [6.45, 7) is 6.04. The Morgan fingerprint density at radius 2 is 1.70 bits per heavy atom. The van der Waals surface area contributed by atoms with E-state index < -0.39 is 16.1 Å². The molecule has 4 rings (SSSR count). The molecule has 0 radical (unpaired) electrons. The number of hydrogen-bond donors (Lipinski definition) is 1. The minimum atomic E-state index is -3.68. The third-order valence-corrected chi connectivity index (χ3v) is 8.98. The van der Waals surface area contributed by atoms with Gasteiger partial charge in [-0.1, -0.05) is 54.9 Å². The summed E-state index contributed by atoms with van der Waals surface area (Å²) >= 11 is 6.01. The molecule has 3 aromatic carbocycles. The molecule has 9 heteroatoms. The average Bonchev–Trinajstić information content (AvgIpc) is 3.10. The quantitative estimate of drug-likeness (QED) is 0.386. The van der Waals surface area contributed by atoms with Crippen LogP contribution in [0.15, 0.2) is 65.6 Å². The van der Waals surface area contributed by atoms with E-state index in [1.54, 1.807) is 42.2 Å². The van der Waals surface area contributed by atoms with Crippen molar-refractivity contribution in [2.75, 3.05) is 10.8 Å². The Bertz CT molecular complexity index is 1400. The van der Waals surface area contributed by atoms with E-state index in [1.807, 2.05) is 44.2 Å². The Kier molecular flexibility index (Phi) is 8.09. The standard InChI is InChI=1S/C28H32ClN3O4S/c1-4-19(2)30-28(34)20(3)31(18-21-13-15-23(29)16-14-21)26(33)12-7-17-32-24-10-5-8-22-9-6-11-25(27(22)24)37(32,35)36/h5-6,8-11,13-16,19-20H,4,7,12,17-18H2,1-3H3,(H,30,34)/t19-,20+/m1/s1. The molecule has 0 bridgehead atoms. The molecule has 196 valence electrons. The zero-order valence-corrected chi connectivity index (χ0v) is 22.8. The first kappa shape index (κ1) is 26.9. The summed E-state index contributed by atoms with van der Waals surface area (Å²) in [6, 6.07) is 17.3. The number of amides is 2. The van der Waals surface area contributed by atoms with Gasteiger partial charge in [0.1, 0.15) is 6.04 Å². The average molecular weight is 542 g/mol. The van der Waals surface area contributed by atoms with Gasteiger partial charge in [0.15, 0.2) is 0 Å². The molecule has 0 saturated carbocycles. The van der Waals surface area contributed by atoms with Gasteiger partial charge in [-0.3, -0.25) is 13.9 Å². The fourth-order valence-corrected chi connectivity index (χ4v) is 6.43. The number of nitrogens with one attached hydrogen (secondary N) is 1. The van der Waals surface area contributed by atoms with Crippen LogP contribution in [0.1, 0.15) is 45.6 Å². The van der Waals surface area contributed by atoms with Gasteiger partial charge in [-0.15, -0.1) is 0 Å². The lowest BCUT2D eigenvalue weighted by Crippen LogP contribution is -2.49. The Labute approximate surface area is 223 Å². The van der Waals surface area contributed by atoms with Crippen molar-refractivity contribution in [3.8, 4) is 0 Å². The van der Waals surface area contributed by atoms with Gasteiger partial charge in [-0.05, 0) is 61.9 Å². The molecule has 7 nitrogen and oxygen atoms in total.